The summed E-state index contributed by atoms with van der Waals surface area (Å²) in [6.07, 6.45) is 1.75. The second-order valence-corrected chi connectivity index (χ2v) is 0.408. The number of hydrogen-bond donors (Lipinski definition) is 0. The van der Waals surface area contributed by atoms with Crippen molar-refractivity contribution < 1.29 is 2.85 Å². The van der Waals surface area contributed by atoms with Crippen molar-refractivity contribution in [3.8, 4) is 0 Å². The molecule has 0 bridgehead atoms. The van der Waals surface area contributed by atoms with Crippen LogP contribution in [-0.4, -0.2) is 48.9 Å². The zero-order chi connectivity index (χ0) is 2.71. The van der Waals surface area contributed by atoms with Gasteiger partial charge in [0.05, 0.1) is 0 Å². The summed E-state index contributed by atoms with van der Waals surface area (Å²) in [6.45, 7) is 5.25. The normalized spacial score (nSPS) is 3.25. The Morgan fingerprint density at radius 1 is 2.00 bits per heavy atom. The van der Waals surface area contributed by atoms with Gasteiger partial charge in [-0.2, -0.15) is 0 Å². The van der Waals surface area contributed by atoms with Crippen LogP contribution in [0, 0.1) is 0 Å². The third-order valence-corrected chi connectivity index (χ3v) is 0. The van der Waals surface area contributed by atoms with Crippen LogP contribution in [0.3, 0.4) is 0 Å². The van der Waals surface area contributed by atoms with Gasteiger partial charge in [0, 0.05) is 0 Å². The molecule has 0 unspecified atom stereocenters. The van der Waals surface area contributed by atoms with E-state index in [1.54, 1.807) is 6.08 Å². The summed E-state index contributed by atoms with van der Waals surface area (Å²) < 4.78 is 0. The molecule has 0 amide bonds. The second kappa shape index (κ2) is 8.85. The third-order valence-electron chi connectivity index (χ3n) is 0. The van der Waals surface area contributed by atoms with Crippen LogP contribution < -0.4 is 0 Å². The van der Waals surface area contributed by atoms with Gasteiger partial charge in [0.1, 0.15) is 0 Å². The van der Waals surface area contributed by atoms with Crippen molar-refractivity contribution >= 4 is 48.9 Å². The summed E-state index contributed by atoms with van der Waals surface area (Å²) in [5.74, 6) is 0. The van der Waals surface area contributed by atoms with E-state index in [4.69, 9.17) is 0 Å². The molecule has 0 saturated carbocycles. The standard InChI is InChI=1S/C3H6.Ba.2H/c1-3-2;;;/h3H,1H2,2H3;;;/q;+2;2*-1. The molecule has 4 heavy (non-hydrogen) atoms. The van der Waals surface area contributed by atoms with Gasteiger partial charge in [-0.15, -0.1) is 6.58 Å². The molecule has 0 atom stereocenters. The molecule has 0 aromatic heterocycles. The average Bonchev–Trinajstić information content (AvgIpc) is 0.918. The largest absolute Gasteiger partial charge is 2.00 e. The van der Waals surface area contributed by atoms with Gasteiger partial charge in [-0.05, 0) is 6.92 Å². The molecule has 0 rings (SSSR count). The molecule has 0 fully saturated rings. The Bertz CT molecular complexity index is 16.3. The zero-order valence-electron chi connectivity index (χ0n) is 4.99. The van der Waals surface area contributed by atoms with Crippen molar-refractivity contribution in [1.29, 1.82) is 0 Å². The minimum Gasteiger partial charge on any atom is -1.00 e. The molecule has 0 nitrogen and oxygen atoms in total. The number of hydrogen-bond acceptors (Lipinski definition) is 0. The first kappa shape index (κ1) is 9.00. The second-order valence-electron chi connectivity index (χ2n) is 0.408. The molecule has 1 heteroatoms. The quantitative estimate of drug-likeness (QED) is 0.387. The maximum Gasteiger partial charge on any atom is 2.00 e. The Hall–Kier alpha value is 1.31. The molecule has 0 heterocycles. The molecule has 0 radical (unpaired) electrons. The Labute approximate surface area is 70.3 Å². The van der Waals surface area contributed by atoms with Crippen LogP contribution in [0.1, 0.15) is 9.78 Å². The molecule has 0 aromatic carbocycles. The van der Waals surface area contributed by atoms with E-state index in [-0.39, 0.29) is 51.7 Å². The molecule has 0 spiro atoms. The van der Waals surface area contributed by atoms with E-state index in [2.05, 4.69) is 6.58 Å². The average molecular weight is 181 g/mol. The first-order valence-corrected chi connectivity index (χ1v) is 0.986. The van der Waals surface area contributed by atoms with Crippen molar-refractivity contribution in [2.45, 2.75) is 6.92 Å². The number of rotatable bonds is 0. The Balaban J connectivity index is -0.00000000667. The first-order chi connectivity index (χ1) is 1.41. The Morgan fingerprint density at radius 3 is 2.00 bits per heavy atom. The van der Waals surface area contributed by atoms with E-state index in [1.165, 1.54) is 0 Å². The van der Waals surface area contributed by atoms with Gasteiger partial charge in [0.15, 0.2) is 0 Å². The topological polar surface area (TPSA) is 0 Å². The van der Waals surface area contributed by atoms with Gasteiger partial charge in [-0.25, -0.2) is 0 Å². The summed E-state index contributed by atoms with van der Waals surface area (Å²) >= 11 is 0. The van der Waals surface area contributed by atoms with Gasteiger partial charge in [0.2, 0.25) is 0 Å². The van der Waals surface area contributed by atoms with Crippen LogP contribution in [0.4, 0.5) is 0 Å². The Kier molecular flexibility index (Phi) is 19.9. The van der Waals surface area contributed by atoms with Crippen LogP contribution in [0.25, 0.3) is 0 Å². The maximum atomic E-state index is 3.36. The van der Waals surface area contributed by atoms with E-state index < -0.39 is 0 Å². The smallest absolute Gasteiger partial charge is 1.00 e. The van der Waals surface area contributed by atoms with Gasteiger partial charge >= 0.3 is 48.9 Å². The van der Waals surface area contributed by atoms with Crippen molar-refractivity contribution in [2.75, 3.05) is 0 Å². The molecule has 0 N–H and O–H groups in total. The fourth-order valence-electron chi connectivity index (χ4n) is 0. The minimum atomic E-state index is 0. The van der Waals surface area contributed by atoms with Gasteiger partial charge in [0.25, 0.3) is 0 Å². The fraction of sp³-hybridized carbons (Fsp3) is 0.333. The zero-order valence-corrected chi connectivity index (χ0v) is 7.43. The monoisotopic (exact) mass is 182 g/mol. The molecular weight excluding hydrogens is 173 g/mol. The fourth-order valence-corrected chi connectivity index (χ4v) is 0. The predicted molar refractivity (Wildman–Crippen MR) is 23.8 cm³/mol. The summed E-state index contributed by atoms with van der Waals surface area (Å²) in [7, 11) is 0. The van der Waals surface area contributed by atoms with E-state index in [9.17, 15) is 0 Å². The van der Waals surface area contributed by atoms with E-state index in [0.717, 1.165) is 0 Å². The van der Waals surface area contributed by atoms with Crippen molar-refractivity contribution in [1.82, 2.24) is 0 Å². The van der Waals surface area contributed by atoms with Crippen LogP contribution in [-0.2, 0) is 0 Å². The molecule has 0 saturated heterocycles. The summed E-state index contributed by atoms with van der Waals surface area (Å²) in [4.78, 5) is 0. The van der Waals surface area contributed by atoms with Gasteiger partial charge in [-0.1, -0.05) is 6.08 Å². The van der Waals surface area contributed by atoms with Gasteiger partial charge < -0.3 is 2.85 Å². The van der Waals surface area contributed by atoms with Crippen LogP contribution in [0.15, 0.2) is 12.7 Å². The van der Waals surface area contributed by atoms with Crippen LogP contribution in [0.5, 0.6) is 0 Å². The first-order valence-electron chi connectivity index (χ1n) is 0.986. The van der Waals surface area contributed by atoms with Crippen molar-refractivity contribution in [3.63, 3.8) is 0 Å². The maximum absolute atomic E-state index is 3.36. The summed E-state index contributed by atoms with van der Waals surface area (Å²) in [6, 6.07) is 0. The van der Waals surface area contributed by atoms with Crippen molar-refractivity contribution in [2.24, 2.45) is 0 Å². The molecule has 0 aliphatic rings. The Morgan fingerprint density at radius 2 is 2.00 bits per heavy atom. The number of allylic oxidation sites excluding steroid dienone is 1. The van der Waals surface area contributed by atoms with Crippen molar-refractivity contribution in [3.05, 3.63) is 12.7 Å². The SMILES string of the molecule is C=CC.[Ba+2].[H-].[H-]. The summed E-state index contributed by atoms with van der Waals surface area (Å²) in [5.41, 5.74) is 0. The molecule has 0 aliphatic carbocycles. The van der Waals surface area contributed by atoms with E-state index >= 15 is 0 Å². The van der Waals surface area contributed by atoms with Gasteiger partial charge in [-0.3, -0.25) is 0 Å². The van der Waals surface area contributed by atoms with E-state index in [0.29, 0.717) is 0 Å². The van der Waals surface area contributed by atoms with E-state index in [1.807, 2.05) is 6.92 Å². The minimum absolute atomic E-state index is 0. The van der Waals surface area contributed by atoms with Crippen LogP contribution >= 0.6 is 0 Å². The predicted octanol–water partition coefficient (Wildman–Crippen LogP) is 1.04. The van der Waals surface area contributed by atoms with Crippen LogP contribution in [0.2, 0.25) is 0 Å². The molecular formula is C3H8Ba. The molecule has 0 aromatic rings. The summed E-state index contributed by atoms with van der Waals surface area (Å²) in [5, 5.41) is 0. The molecule has 22 valence electrons. The molecule has 0 aliphatic heterocycles. The third kappa shape index (κ3) is 10.3.